The zero-order valence-corrected chi connectivity index (χ0v) is 25.5. The van der Waals surface area contributed by atoms with Crippen LogP contribution >= 0.6 is 0 Å². The van der Waals surface area contributed by atoms with Crippen LogP contribution in [0.4, 0.5) is 0 Å². The van der Waals surface area contributed by atoms with Crippen LogP contribution in [0, 0.1) is 0 Å². The fraction of sp³-hybridized carbons (Fsp3) is 0.314. The number of carbonyl (C=O) groups is 2. The van der Waals surface area contributed by atoms with Crippen LogP contribution in [0.15, 0.2) is 106 Å². The molecular formula is C35H37N5O5. The number of nitrogens with one attached hydrogen (secondary N) is 1. The maximum Gasteiger partial charge on any atom is 0.338 e. The fourth-order valence-corrected chi connectivity index (χ4v) is 6.78. The number of nitrogens with two attached hydrogens (primary N) is 1. The molecule has 45 heavy (non-hydrogen) atoms. The zero-order chi connectivity index (χ0) is 31.4. The van der Waals surface area contributed by atoms with Gasteiger partial charge in [0.25, 0.3) is 0 Å². The standard InChI is InChI=1S/C35H37N5O5/c1-23-28(29(30(32(36)37-23)33(41)43-2)26-15-9-16-27-31(26)39-45-38-27)34(42)44-22-10-19-40-20-17-35(18-21-40,24-11-5-3-6-12-24)25-13-7-4-8-14-25/h3-9,11-16,29,37H,10,17-22,36H2,1-2H3. The van der Waals surface area contributed by atoms with Crippen molar-refractivity contribution in [1.29, 1.82) is 0 Å². The molecule has 10 heteroatoms. The average molecular weight is 608 g/mol. The molecule has 0 amide bonds. The molecule has 6 rings (SSSR count). The van der Waals surface area contributed by atoms with Gasteiger partial charge in [0.1, 0.15) is 16.9 Å². The van der Waals surface area contributed by atoms with Gasteiger partial charge >= 0.3 is 11.9 Å². The Morgan fingerprint density at radius 2 is 1.60 bits per heavy atom. The van der Waals surface area contributed by atoms with Crippen LogP contribution < -0.4 is 11.1 Å². The normalized spacial score (nSPS) is 18.5. The summed E-state index contributed by atoms with van der Waals surface area (Å²) < 4.78 is 15.8. The molecule has 3 aromatic carbocycles. The number of dihydropyridines is 1. The van der Waals surface area contributed by atoms with Crippen LogP contribution in [0.5, 0.6) is 0 Å². The second-order valence-corrected chi connectivity index (χ2v) is 11.5. The van der Waals surface area contributed by atoms with Gasteiger partial charge in [0.2, 0.25) is 0 Å². The molecular weight excluding hydrogens is 570 g/mol. The highest BCUT2D eigenvalue weighted by Gasteiger charge is 2.40. The number of esters is 2. The number of nitrogens with zero attached hydrogens (tertiary/aromatic N) is 3. The minimum absolute atomic E-state index is 0.0204. The summed E-state index contributed by atoms with van der Waals surface area (Å²) in [5.74, 6) is -1.99. The third-order valence-electron chi connectivity index (χ3n) is 9.06. The van der Waals surface area contributed by atoms with Gasteiger partial charge < -0.3 is 25.4 Å². The van der Waals surface area contributed by atoms with E-state index in [2.05, 4.69) is 81.2 Å². The number of piperidine rings is 1. The van der Waals surface area contributed by atoms with E-state index in [0.29, 0.717) is 28.7 Å². The molecule has 1 unspecified atom stereocenters. The summed E-state index contributed by atoms with van der Waals surface area (Å²) in [6, 6.07) is 26.8. The highest BCUT2D eigenvalue weighted by molar-refractivity contribution is 6.01. The number of hydrogen-bond acceptors (Lipinski definition) is 10. The molecule has 3 N–H and O–H groups in total. The van der Waals surface area contributed by atoms with Crippen molar-refractivity contribution in [1.82, 2.24) is 20.5 Å². The van der Waals surface area contributed by atoms with Gasteiger partial charge in [0.05, 0.1) is 30.8 Å². The number of ether oxygens (including phenoxy) is 2. The van der Waals surface area contributed by atoms with E-state index in [0.717, 1.165) is 32.5 Å². The quantitative estimate of drug-likeness (QED) is 0.206. The van der Waals surface area contributed by atoms with E-state index in [1.165, 1.54) is 18.2 Å². The van der Waals surface area contributed by atoms with Crippen molar-refractivity contribution < 1.29 is 23.7 Å². The van der Waals surface area contributed by atoms with Crippen LogP contribution in [0.25, 0.3) is 11.0 Å². The molecule has 0 spiro atoms. The van der Waals surface area contributed by atoms with Gasteiger partial charge in [-0.15, -0.1) is 0 Å². The molecule has 2 aliphatic rings. The monoisotopic (exact) mass is 607 g/mol. The second-order valence-electron chi connectivity index (χ2n) is 11.5. The van der Waals surface area contributed by atoms with Crippen molar-refractivity contribution in [2.75, 3.05) is 33.4 Å². The van der Waals surface area contributed by atoms with Crippen LogP contribution in [0.2, 0.25) is 0 Å². The van der Waals surface area contributed by atoms with Gasteiger partial charge in [-0.2, -0.15) is 0 Å². The number of carbonyl (C=O) groups excluding carboxylic acids is 2. The highest BCUT2D eigenvalue weighted by atomic mass is 16.6. The predicted molar refractivity (Wildman–Crippen MR) is 169 cm³/mol. The summed E-state index contributed by atoms with van der Waals surface area (Å²) in [6.07, 6.45) is 2.68. The van der Waals surface area contributed by atoms with Crippen molar-refractivity contribution in [3.05, 3.63) is 118 Å². The molecule has 1 fully saturated rings. The Labute approximate surface area is 261 Å². The Morgan fingerprint density at radius 3 is 2.24 bits per heavy atom. The van der Waals surface area contributed by atoms with Gasteiger partial charge in [0.15, 0.2) is 0 Å². The number of allylic oxidation sites excluding steroid dienone is 1. The lowest BCUT2D eigenvalue weighted by atomic mass is 9.68. The number of methoxy groups -OCH3 is 1. The van der Waals surface area contributed by atoms with Gasteiger partial charge in [0, 0.05) is 17.7 Å². The van der Waals surface area contributed by atoms with Crippen molar-refractivity contribution in [3.63, 3.8) is 0 Å². The maximum atomic E-state index is 13.7. The van der Waals surface area contributed by atoms with Gasteiger partial charge in [-0.25, -0.2) is 14.2 Å². The molecule has 1 atom stereocenters. The van der Waals surface area contributed by atoms with E-state index in [9.17, 15) is 9.59 Å². The van der Waals surface area contributed by atoms with Crippen molar-refractivity contribution in [2.45, 2.75) is 37.5 Å². The van der Waals surface area contributed by atoms with Crippen LogP contribution in [0.1, 0.15) is 48.8 Å². The number of aromatic nitrogens is 2. The number of rotatable bonds is 9. The first-order chi connectivity index (χ1) is 21.9. The SMILES string of the molecule is COC(=O)C1=C(N)NC(C)=C(C(=O)OCCCN2CCC(c3ccccc3)(c3ccccc3)CC2)C1c1cccc2nonc12. The molecule has 1 saturated heterocycles. The first-order valence-corrected chi connectivity index (χ1v) is 15.2. The first kappa shape index (κ1) is 30.1. The summed E-state index contributed by atoms with van der Waals surface area (Å²) in [5, 5.41) is 10.9. The summed E-state index contributed by atoms with van der Waals surface area (Å²) >= 11 is 0. The number of likely N-dealkylation sites (tertiary alicyclic amines) is 1. The Bertz CT molecular complexity index is 1700. The van der Waals surface area contributed by atoms with E-state index in [1.807, 2.05) is 0 Å². The Morgan fingerprint density at radius 1 is 0.933 bits per heavy atom. The van der Waals surface area contributed by atoms with E-state index in [-0.39, 0.29) is 29.0 Å². The van der Waals surface area contributed by atoms with Gasteiger partial charge in [-0.3, -0.25) is 0 Å². The lowest BCUT2D eigenvalue weighted by molar-refractivity contribution is -0.139. The molecule has 1 aromatic heterocycles. The van der Waals surface area contributed by atoms with E-state index in [1.54, 1.807) is 25.1 Å². The molecule has 10 nitrogen and oxygen atoms in total. The smallest absolute Gasteiger partial charge is 0.338 e. The Hall–Kier alpha value is -4.96. The molecule has 0 saturated carbocycles. The zero-order valence-electron chi connectivity index (χ0n) is 25.5. The molecule has 0 aliphatic carbocycles. The van der Waals surface area contributed by atoms with Gasteiger partial charge in [-0.05, 0) is 72.3 Å². The molecule has 2 aliphatic heterocycles. The third-order valence-corrected chi connectivity index (χ3v) is 9.06. The second kappa shape index (κ2) is 13.0. The lowest BCUT2D eigenvalue weighted by Gasteiger charge is -2.43. The Kier molecular flexibility index (Phi) is 8.66. The summed E-state index contributed by atoms with van der Waals surface area (Å²) in [4.78, 5) is 29.0. The fourth-order valence-electron chi connectivity index (χ4n) is 6.78. The topological polar surface area (TPSA) is 133 Å². The predicted octanol–water partition coefficient (Wildman–Crippen LogP) is 4.54. The molecule has 0 bridgehead atoms. The van der Waals surface area contributed by atoms with Crippen LogP contribution in [-0.2, 0) is 24.5 Å². The minimum atomic E-state index is -0.881. The molecule has 0 radical (unpaired) electrons. The largest absolute Gasteiger partial charge is 0.466 e. The maximum absolute atomic E-state index is 13.7. The van der Waals surface area contributed by atoms with Crippen molar-refractivity contribution in [3.8, 4) is 0 Å². The van der Waals surface area contributed by atoms with E-state index in [4.69, 9.17) is 19.8 Å². The van der Waals surface area contributed by atoms with Crippen LogP contribution in [0.3, 0.4) is 0 Å². The number of fused-ring (bicyclic) bond motifs is 1. The average Bonchev–Trinajstić information content (AvgIpc) is 3.56. The molecule has 3 heterocycles. The van der Waals surface area contributed by atoms with Crippen molar-refractivity contribution >= 4 is 23.0 Å². The minimum Gasteiger partial charge on any atom is -0.466 e. The first-order valence-electron chi connectivity index (χ1n) is 15.2. The molecule has 232 valence electrons. The number of benzene rings is 3. The number of hydrogen-bond donors (Lipinski definition) is 2. The van der Waals surface area contributed by atoms with E-state index >= 15 is 0 Å². The lowest BCUT2D eigenvalue weighted by Crippen LogP contribution is -2.43. The summed E-state index contributed by atoms with van der Waals surface area (Å²) in [5.41, 5.74) is 11.2. The summed E-state index contributed by atoms with van der Waals surface area (Å²) in [6.45, 7) is 4.64. The third kappa shape index (κ3) is 5.81. The molecule has 4 aromatic rings. The summed E-state index contributed by atoms with van der Waals surface area (Å²) in [7, 11) is 1.27. The van der Waals surface area contributed by atoms with Crippen LogP contribution in [-0.4, -0.2) is 60.5 Å². The van der Waals surface area contributed by atoms with E-state index < -0.39 is 17.9 Å². The Balaban J connectivity index is 1.13. The van der Waals surface area contributed by atoms with Crippen molar-refractivity contribution in [2.24, 2.45) is 5.73 Å². The van der Waals surface area contributed by atoms with Gasteiger partial charge in [-0.1, -0.05) is 72.8 Å². The highest BCUT2D eigenvalue weighted by Crippen LogP contribution is 2.42.